The Morgan fingerprint density at radius 2 is 2.25 bits per heavy atom. The lowest BCUT2D eigenvalue weighted by molar-refractivity contribution is 0.0954. The first-order valence-corrected chi connectivity index (χ1v) is 5.58. The fraction of sp³-hybridized carbons (Fsp3) is 0.300. The van der Waals surface area contributed by atoms with Gasteiger partial charge in [0.15, 0.2) is 0 Å². The molecule has 0 aliphatic rings. The van der Waals surface area contributed by atoms with Gasteiger partial charge in [-0.3, -0.25) is 4.79 Å². The predicted octanol–water partition coefficient (Wildman–Crippen LogP) is 1.41. The summed E-state index contributed by atoms with van der Waals surface area (Å²) in [5.74, 6) is 0.641. The summed E-state index contributed by atoms with van der Waals surface area (Å²) in [5.41, 5.74) is 5.95. The average Bonchev–Trinajstić information content (AvgIpc) is 2.25. The highest BCUT2D eigenvalue weighted by Gasteiger charge is 2.09. The Bertz CT molecular complexity index is 361. The molecular formula is C10H14ClIN2O2. The van der Waals surface area contributed by atoms with Crippen molar-refractivity contribution in [3.05, 3.63) is 27.3 Å². The van der Waals surface area contributed by atoms with Crippen LogP contribution in [0.3, 0.4) is 0 Å². The topological polar surface area (TPSA) is 64.3 Å². The number of nitrogens with one attached hydrogen (secondary N) is 1. The summed E-state index contributed by atoms with van der Waals surface area (Å²) in [5, 5.41) is 2.72. The Balaban J connectivity index is 0.00000225. The zero-order chi connectivity index (χ0) is 11.3. The molecular weight excluding hydrogens is 342 g/mol. The molecule has 0 aliphatic heterocycles. The monoisotopic (exact) mass is 356 g/mol. The van der Waals surface area contributed by atoms with E-state index in [9.17, 15) is 4.79 Å². The van der Waals surface area contributed by atoms with E-state index in [0.29, 0.717) is 18.7 Å². The summed E-state index contributed by atoms with van der Waals surface area (Å²) in [7, 11) is 1.60. The summed E-state index contributed by atoms with van der Waals surface area (Å²) >= 11 is 2.10. The van der Waals surface area contributed by atoms with Crippen molar-refractivity contribution in [3.63, 3.8) is 0 Å². The molecule has 1 rings (SSSR count). The van der Waals surface area contributed by atoms with Gasteiger partial charge < -0.3 is 15.8 Å². The molecule has 1 aromatic rings. The number of methoxy groups -OCH3 is 1. The number of carbonyl (C=O) groups is 1. The van der Waals surface area contributed by atoms with Crippen LogP contribution >= 0.6 is 35.0 Å². The number of hydrogen-bond acceptors (Lipinski definition) is 3. The zero-order valence-corrected chi connectivity index (χ0v) is 11.8. The van der Waals surface area contributed by atoms with E-state index in [2.05, 4.69) is 27.9 Å². The molecule has 0 bridgehead atoms. The van der Waals surface area contributed by atoms with Crippen molar-refractivity contribution in [2.24, 2.45) is 5.73 Å². The number of rotatable bonds is 4. The summed E-state index contributed by atoms with van der Waals surface area (Å²) in [6.45, 7) is 0.930. The Labute approximate surface area is 114 Å². The minimum absolute atomic E-state index is 0. The number of hydrogen-bond donors (Lipinski definition) is 2. The van der Waals surface area contributed by atoms with E-state index in [0.717, 1.165) is 9.32 Å². The first-order valence-electron chi connectivity index (χ1n) is 4.51. The molecule has 0 saturated carbocycles. The van der Waals surface area contributed by atoms with Crippen molar-refractivity contribution in [2.75, 3.05) is 20.2 Å². The third-order valence-corrected chi connectivity index (χ3v) is 2.74. The molecule has 0 spiro atoms. The second-order valence-corrected chi connectivity index (χ2v) is 4.05. The molecule has 0 atom stereocenters. The third kappa shape index (κ3) is 4.15. The number of amides is 1. The van der Waals surface area contributed by atoms with Crippen LogP contribution in [0.15, 0.2) is 18.2 Å². The quantitative estimate of drug-likeness (QED) is 0.802. The maximum Gasteiger partial charge on any atom is 0.252 e. The van der Waals surface area contributed by atoms with Gasteiger partial charge in [0.2, 0.25) is 0 Å². The molecule has 6 heteroatoms. The molecule has 16 heavy (non-hydrogen) atoms. The van der Waals surface area contributed by atoms with Crippen molar-refractivity contribution in [1.82, 2.24) is 5.32 Å². The first-order chi connectivity index (χ1) is 7.19. The summed E-state index contributed by atoms with van der Waals surface area (Å²) in [6.07, 6.45) is 0. The van der Waals surface area contributed by atoms with Crippen molar-refractivity contribution in [3.8, 4) is 5.75 Å². The number of nitrogens with two attached hydrogens (primary N) is 1. The highest BCUT2D eigenvalue weighted by atomic mass is 127. The van der Waals surface area contributed by atoms with Crippen LogP contribution in [-0.2, 0) is 0 Å². The molecule has 0 radical (unpaired) electrons. The van der Waals surface area contributed by atoms with Gasteiger partial charge in [-0.25, -0.2) is 0 Å². The molecule has 1 aromatic carbocycles. The van der Waals surface area contributed by atoms with E-state index in [4.69, 9.17) is 10.5 Å². The number of benzene rings is 1. The van der Waals surface area contributed by atoms with E-state index in [-0.39, 0.29) is 18.3 Å². The van der Waals surface area contributed by atoms with Crippen molar-refractivity contribution in [2.45, 2.75) is 0 Å². The number of carbonyl (C=O) groups excluding carboxylic acids is 1. The lowest BCUT2D eigenvalue weighted by Crippen LogP contribution is -2.29. The van der Waals surface area contributed by atoms with Gasteiger partial charge in [-0.15, -0.1) is 12.4 Å². The minimum Gasteiger partial charge on any atom is -0.497 e. The van der Waals surface area contributed by atoms with Gasteiger partial charge in [0.05, 0.1) is 12.7 Å². The van der Waals surface area contributed by atoms with Crippen LogP contribution in [-0.4, -0.2) is 26.1 Å². The number of halogens is 2. The van der Waals surface area contributed by atoms with E-state index in [1.807, 2.05) is 6.07 Å². The Kier molecular flexibility index (Phi) is 7.44. The van der Waals surface area contributed by atoms with Gasteiger partial charge in [0.1, 0.15) is 5.75 Å². The molecule has 0 unspecified atom stereocenters. The van der Waals surface area contributed by atoms with Crippen LogP contribution in [0.2, 0.25) is 0 Å². The smallest absolute Gasteiger partial charge is 0.252 e. The molecule has 0 saturated heterocycles. The molecule has 0 fully saturated rings. The van der Waals surface area contributed by atoms with Crippen LogP contribution in [0.5, 0.6) is 5.75 Å². The van der Waals surface area contributed by atoms with Crippen LogP contribution in [0.4, 0.5) is 0 Å². The van der Waals surface area contributed by atoms with Gasteiger partial charge in [0, 0.05) is 16.7 Å². The molecule has 0 aromatic heterocycles. The first kappa shape index (κ1) is 15.5. The van der Waals surface area contributed by atoms with E-state index in [1.54, 1.807) is 19.2 Å². The summed E-state index contributed by atoms with van der Waals surface area (Å²) in [6, 6.07) is 5.32. The number of ether oxygens (including phenoxy) is 1. The van der Waals surface area contributed by atoms with Gasteiger partial charge in [-0.1, -0.05) is 0 Å². The van der Waals surface area contributed by atoms with Gasteiger partial charge in [0.25, 0.3) is 5.91 Å². The molecule has 3 N–H and O–H groups in total. The van der Waals surface area contributed by atoms with Gasteiger partial charge >= 0.3 is 0 Å². The van der Waals surface area contributed by atoms with Crippen molar-refractivity contribution >= 4 is 40.9 Å². The molecule has 0 aliphatic carbocycles. The van der Waals surface area contributed by atoms with Gasteiger partial charge in [-0.05, 0) is 40.8 Å². The maximum atomic E-state index is 11.6. The highest BCUT2D eigenvalue weighted by molar-refractivity contribution is 14.1. The normalized spacial score (nSPS) is 9.19. The SMILES string of the molecule is COc1ccc(C(=O)NCCN)c(I)c1.Cl. The third-order valence-electron chi connectivity index (χ3n) is 1.85. The summed E-state index contributed by atoms with van der Waals surface area (Å²) < 4.78 is 5.92. The predicted molar refractivity (Wildman–Crippen MR) is 74.3 cm³/mol. The van der Waals surface area contributed by atoms with E-state index >= 15 is 0 Å². The fourth-order valence-electron chi connectivity index (χ4n) is 1.09. The second-order valence-electron chi connectivity index (χ2n) is 2.89. The lowest BCUT2D eigenvalue weighted by atomic mass is 10.2. The standard InChI is InChI=1S/C10H13IN2O2.ClH/c1-15-7-2-3-8(9(11)6-7)10(14)13-5-4-12;/h2-3,6H,4-5,12H2,1H3,(H,13,14);1H. The van der Waals surface area contributed by atoms with Crippen LogP contribution < -0.4 is 15.8 Å². The largest absolute Gasteiger partial charge is 0.497 e. The molecule has 4 nitrogen and oxygen atoms in total. The van der Waals surface area contributed by atoms with Crippen molar-refractivity contribution < 1.29 is 9.53 Å². The van der Waals surface area contributed by atoms with Crippen LogP contribution in [0.25, 0.3) is 0 Å². The van der Waals surface area contributed by atoms with E-state index in [1.165, 1.54) is 0 Å². The Morgan fingerprint density at radius 1 is 1.56 bits per heavy atom. The molecule has 1 amide bonds. The fourth-order valence-corrected chi connectivity index (χ4v) is 1.82. The van der Waals surface area contributed by atoms with Crippen LogP contribution in [0.1, 0.15) is 10.4 Å². The molecule has 90 valence electrons. The van der Waals surface area contributed by atoms with E-state index < -0.39 is 0 Å². The zero-order valence-electron chi connectivity index (χ0n) is 8.83. The summed E-state index contributed by atoms with van der Waals surface area (Å²) in [4.78, 5) is 11.6. The molecule has 0 heterocycles. The highest BCUT2D eigenvalue weighted by Crippen LogP contribution is 2.19. The Morgan fingerprint density at radius 3 is 2.75 bits per heavy atom. The lowest BCUT2D eigenvalue weighted by Gasteiger charge is -2.07. The van der Waals surface area contributed by atoms with Gasteiger partial charge in [-0.2, -0.15) is 0 Å². The van der Waals surface area contributed by atoms with Crippen molar-refractivity contribution in [1.29, 1.82) is 0 Å². The second kappa shape index (κ2) is 7.70. The van der Waals surface area contributed by atoms with Crippen LogP contribution in [0, 0.1) is 3.57 Å². The Hall–Kier alpha value is -0.530. The maximum absolute atomic E-state index is 11.6. The average molecular weight is 357 g/mol. The minimum atomic E-state index is -0.104.